The highest BCUT2D eigenvalue weighted by Gasteiger charge is 2.26. The summed E-state index contributed by atoms with van der Waals surface area (Å²) in [4.78, 5) is 15.1. The molecule has 0 spiro atoms. The number of morpholine rings is 1. The van der Waals surface area contributed by atoms with Crippen LogP contribution in [0, 0.1) is 6.92 Å². The maximum atomic E-state index is 13.2. The molecule has 1 aromatic heterocycles. The van der Waals surface area contributed by atoms with Crippen LogP contribution in [0.1, 0.15) is 38.8 Å². The van der Waals surface area contributed by atoms with Crippen molar-refractivity contribution in [1.82, 2.24) is 4.90 Å². The van der Waals surface area contributed by atoms with E-state index in [2.05, 4.69) is 48.5 Å². The van der Waals surface area contributed by atoms with Gasteiger partial charge in [-0.05, 0) is 68.7 Å². The summed E-state index contributed by atoms with van der Waals surface area (Å²) in [7, 11) is 0. The van der Waals surface area contributed by atoms with E-state index in [0.717, 1.165) is 44.5 Å². The van der Waals surface area contributed by atoms with Crippen LogP contribution in [0.25, 0.3) is 38.4 Å². The number of allylic oxidation sites excluding steroid dienone is 1. The van der Waals surface area contributed by atoms with Gasteiger partial charge in [-0.2, -0.15) is 0 Å². The molecule has 1 fully saturated rings. The highest BCUT2D eigenvalue weighted by molar-refractivity contribution is 6.02. The van der Waals surface area contributed by atoms with Crippen LogP contribution in [0.3, 0.4) is 0 Å². The first-order chi connectivity index (χ1) is 17.4. The van der Waals surface area contributed by atoms with E-state index in [1.165, 1.54) is 10.8 Å². The maximum absolute atomic E-state index is 13.2. The van der Waals surface area contributed by atoms with Crippen LogP contribution in [0.4, 0.5) is 0 Å². The van der Waals surface area contributed by atoms with Crippen molar-refractivity contribution in [2.75, 3.05) is 19.7 Å². The average molecular weight is 484 g/mol. The van der Waals surface area contributed by atoms with Gasteiger partial charge in [0.05, 0.1) is 25.1 Å². The van der Waals surface area contributed by atoms with E-state index in [4.69, 9.17) is 13.9 Å². The van der Waals surface area contributed by atoms with Crippen molar-refractivity contribution in [3.8, 4) is 16.9 Å². The fraction of sp³-hybridized carbons (Fsp3) is 0.323. The first-order valence-corrected chi connectivity index (χ1v) is 12.7. The van der Waals surface area contributed by atoms with Crippen molar-refractivity contribution >= 4 is 33.2 Å². The minimum absolute atomic E-state index is 0.00311. The Bertz CT molecular complexity index is 1450. The molecular formula is C31H33NO4. The summed E-state index contributed by atoms with van der Waals surface area (Å²) in [6, 6.07) is 16.9. The van der Waals surface area contributed by atoms with E-state index in [9.17, 15) is 4.79 Å². The molecule has 5 rings (SSSR count). The zero-order chi connectivity index (χ0) is 25.4. The molecule has 0 saturated carbocycles. The van der Waals surface area contributed by atoms with Gasteiger partial charge in [0.2, 0.25) is 5.91 Å². The number of nitrogens with zero attached hydrogens (tertiary/aromatic N) is 1. The predicted molar refractivity (Wildman–Crippen MR) is 145 cm³/mol. The fourth-order valence-corrected chi connectivity index (χ4v) is 5.23. The Morgan fingerprint density at radius 3 is 2.53 bits per heavy atom. The van der Waals surface area contributed by atoms with Gasteiger partial charge in [-0.25, -0.2) is 0 Å². The summed E-state index contributed by atoms with van der Waals surface area (Å²) in [5, 5.41) is 3.39. The highest BCUT2D eigenvalue weighted by atomic mass is 16.5. The predicted octanol–water partition coefficient (Wildman–Crippen LogP) is 7.00. The normalized spacial score (nSPS) is 18.7. The van der Waals surface area contributed by atoms with E-state index < -0.39 is 0 Å². The minimum atomic E-state index is -0.00311. The van der Waals surface area contributed by atoms with Gasteiger partial charge in [0.15, 0.2) is 0 Å². The molecule has 4 aromatic rings. The average Bonchev–Trinajstić information content (AvgIpc) is 3.29. The zero-order valence-electron chi connectivity index (χ0n) is 21.6. The highest BCUT2D eigenvalue weighted by Crippen LogP contribution is 2.41. The first-order valence-electron chi connectivity index (χ1n) is 12.7. The Balaban J connectivity index is 1.59. The molecule has 36 heavy (non-hydrogen) atoms. The summed E-state index contributed by atoms with van der Waals surface area (Å²) in [5.41, 5.74) is 5.64. The second-order valence-electron chi connectivity index (χ2n) is 9.73. The Morgan fingerprint density at radius 1 is 1.08 bits per heavy atom. The summed E-state index contributed by atoms with van der Waals surface area (Å²) >= 11 is 0. The Labute approximate surface area is 212 Å². The molecule has 186 valence electrons. The number of carbonyl (C=O) groups excluding carboxylic acids is 1. The van der Waals surface area contributed by atoms with Crippen LogP contribution in [0.5, 0.6) is 5.75 Å². The van der Waals surface area contributed by atoms with Gasteiger partial charge in [-0.3, -0.25) is 4.79 Å². The van der Waals surface area contributed by atoms with E-state index in [1.54, 1.807) is 6.08 Å². The lowest BCUT2D eigenvalue weighted by atomic mass is 9.95. The van der Waals surface area contributed by atoms with Crippen LogP contribution in [-0.4, -0.2) is 42.7 Å². The van der Waals surface area contributed by atoms with Crippen molar-refractivity contribution in [1.29, 1.82) is 0 Å². The van der Waals surface area contributed by atoms with Gasteiger partial charge in [0.1, 0.15) is 11.3 Å². The van der Waals surface area contributed by atoms with Crippen LogP contribution >= 0.6 is 0 Å². The lowest BCUT2D eigenvalue weighted by Crippen LogP contribution is -2.47. The second kappa shape index (κ2) is 9.82. The number of hydrogen-bond acceptors (Lipinski definition) is 4. The number of carbonyl (C=O) groups is 1. The van der Waals surface area contributed by atoms with Gasteiger partial charge in [-0.15, -0.1) is 0 Å². The monoisotopic (exact) mass is 483 g/mol. The fourth-order valence-electron chi connectivity index (χ4n) is 5.23. The van der Waals surface area contributed by atoms with Crippen LogP contribution in [-0.2, 0) is 9.53 Å². The third-order valence-electron chi connectivity index (χ3n) is 6.89. The summed E-state index contributed by atoms with van der Waals surface area (Å²) < 4.78 is 18.0. The van der Waals surface area contributed by atoms with Crippen LogP contribution in [0.15, 0.2) is 65.3 Å². The number of amides is 1. The van der Waals surface area contributed by atoms with Crippen LogP contribution in [0.2, 0.25) is 0 Å². The molecule has 0 N–H and O–H groups in total. The lowest BCUT2D eigenvalue weighted by molar-refractivity contribution is -0.137. The smallest absolute Gasteiger partial charge is 0.247 e. The number of furan rings is 1. The number of benzene rings is 3. The molecule has 0 bridgehead atoms. The number of ether oxygens (including phenoxy) is 2. The molecule has 5 heteroatoms. The summed E-state index contributed by atoms with van der Waals surface area (Å²) in [6.07, 6.45) is 3.60. The van der Waals surface area contributed by atoms with Gasteiger partial charge < -0.3 is 18.8 Å². The summed E-state index contributed by atoms with van der Waals surface area (Å²) in [5.74, 6) is 0.756. The largest absolute Gasteiger partial charge is 0.493 e. The maximum Gasteiger partial charge on any atom is 0.247 e. The van der Waals surface area contributed by atoms with Gasteiger partial charge in [0, 0.05) is 41.2 Å². The third-order valence-corrected chi connectivity index (χ3v) is 6.89. The molecular weight excluding hydrogens is 450 g/mol. The Kier molecular flexibility index (Phi) is 6.59. The molecule has 5 nitrogen and oxygen atoms in total. The molecule has 1 amide bonds. The van der Waals surface area contributed by atoms with Crippen molar-refractivity contribution in [2.24, 2.45) is 0 Å². The minimum Gasteiger partial charge on any atom is -0.493 e. The van der Waals surface area contributed by atoms with Crippen LogP contribution < -0.4 is 4.74 Å². The molecule has 0 aliphatic carbocycles. The Hall–Kier alpha value is -3.57. The molecule has 2 atom stereocenters. The number of hydrogen-bond donors (Lipinski definition) is 0. The lowest BCUT2D eigenvalue weighted by Gasteiger charge is -2.34. The topological polar surface area (TPSA) is 51.9 Å². The van der Waals surface area contributed by atoms with E-state index >= 15 is 0 Å². The first kappa shape index (κ1) is 24.1. The van der Waals surface area contributed by atoms with Crippen molar-refractivity contribution in [3.63, 3.8) is 0 Å². The van der Waals surface area contributed by atoms with Crippen molar-refractivity contribution in [3.05, 3.63) is 72.0 Å². The molecule has 2 heterocycles. The quantitative estimate of drug-likeness (QED) is 0.287. The molecule has 1 aliphatic heterocycles. The van der Waals surface area contributed by atoms with E-state index in [-0.39, 0.29) is 18.1 Å². The summed E-state index contributed by atoms with van der Waals surface area (Å²) in [6.45, 7) is 11.7. The third kappa shape index (κ3) is 4.51. The second-order valence-corrected chi connectivity index (χ2v) is 9.73. The number of fused-ring (bicyclic) bond motifs is 2. The zero-order valence-corrected chi connectivity index (χ0v) is 21.6. The van der Waals surface area contributed by atoms with E-state index in [1.807, 2.05) is 45.8 Å². The molecule has 1 aliphatic rings. The molecule has 0 radical (unpaired) electrons. The van der Waals surface area contributed by atoms with Gasteiger partial charge >= 0.3 is 0 Å². The molecule has 2 unspecified atom stereocenters. The SMILES string of the molecule is CCOc1c(/C(C)=C/C(=O)N2CC(C)OC(C)C2)cc2c(-c3ccc4ccccc4c3)coc2c1C. The number of aryl methyl sites for hydroxylation is 1. The van der Waals surface area contributed by atoms with Gasteiger partial charge in [0.25, 0.3) is 0 Å². The number of rotatable bonds is 5. The van der Waals surface area contributed by atoms with E-state index in [0.29, 0.717) is 19.7 Å². The van der Waals surface area contributed by atoms with Gasteiger partial charge in [-0.1, -0.05) is 36.4 Å². The Morgan fingerprint density at radius 2 is 1.81 bits per heavy atom. The van der Waals surface area contributed by atoms with Crippen molar-refractivity contribution in [2.45, 2.75) is 46.8 Å². The standard InChI is InChI=1S/C31H33NO4/c1-6-34-30-22(5)31-27(28(18-35-31)25-12-11-23-9-7-8-10-24(23)14-25)15-26(30)19(2)13-29(33)32-16-20(3)36-21(4)17-32/h7-15,18,20-21H,6,16-17H2,1-5H3/b19-13+. The van der Waals surface area contributed by atoms with Crippen molar-refractivity contribution < 1.29 is 18.7 Å². The molecule has 3 aromatic carbocycles. The molecule has 1 saturated heterocycles.